The number of fused-ring (bicyclic) bond motifs is 1. The van der Waals surface area contributed by atoms with E-state index in [9.17, 15) is 0 Å². The summed E-state index contributed by atoms with van der Waals surface area (Å²) in [6.45, 7) is 2.44. The molecule has 0 spiro atoms. The molecule has 0 unspecified atom stereocenters. The number of H-pyrrole nitrogens is 1. The van der Waals surface area contributed by atoms with Gasteiger partial charge in [0.2, 0.25) is 0 Å². The molecule has 0 atom stereocenters. The van der Waals surface area contributed by atoms with Gasteiger partial charge in [-0.05, 0) is 17.2 Å². The van der Waals surface area contributed by atoms with Gasteiger partial charge in [0.15, 0.2) is 0 Å². The second kappa shape index (κ2) is 4.59. The maximum Gasteiger partial charge on any atom is 0.122 e. The van der Waals surface area contributed by atoms with Gasteiger partial charge in [-0.2, -0.15) is 0 Å². The highest BCUT2D eigenvalue weighted by Crippen LogP contribution is 2.25. The van der Waals surface area contributed by atoms with Crippen LogP contribution in [0.15, 0.2) is 30.6 Å². The fourth-order valence-corrected chi connectivity index (χ4v) is 2.07. The summed E-state index contributed by atoms with van der Waals surface area (Å²) in [5.41, 5.74) is 2.61. The number of ether oxygens (including phenoxy) is 1. The molecular formula is C13H15N3O. The summed E-state index contributed by atoms with van der Waals surface area (Å²) in [4.78, 5) is 7.24. The Bertz CT molecular complexity index is 493. The van der Waals surface area contributed by atoms with Crippen LogP contribution in [0, 0.1) is 0 Å². The van der Waals surface area contributed by atoms with E-state index >= 15 is 0 Å². The number of imidazole rings is 1. The number of aromatic nitrogens is 2. The predicted octanol–water partition coefficient (Wildman–Crippen LogP) is 1.63. The molecule has 2 aromatic rings. The van der Waals surface area contributed by atoms with Crippen molar-refractivity contribution in [2.45, 2.75) is 19.5 Å². The molecule has 17 heavy (non-hydrogen) atoms. The molecular weight excluding hydrogens is 214 g/mol. The SMILES string of the molecule is c1c[nH]c(CNCc2ccc3c(c2)CCO3)n1. The number of hydrogen-bond donors (Lipinski definition) is 2. The molecule has 0 radical (unpaired) electrons. The molecule has 88 valence electrons. The van der Waals surface area contributed by atoms with Crippen molar-refractivity contribution >= 4 is 0 Å². The normalized spacial score (nSPS) is 13.4. The summed E-state index contributed by atoms with van der Waals surface area (Å²) in [6, 6.07) is 6.39. The van der Waals surface area contributed by atoms with Crippen LogP contribution >= 0.6 is 0 Å². The first-order valence-electron chi connectivity index (χ1n) is 5.85. The predicted molar refractivity (Wildman–Crippen MR) is 64.8 cm³/mol. The van der Waals surface area contributed by atoms with E-state index in [0.29, 0.717) is 0 Å². The van der Waals surface area contributed by atoms with Crippen LogP contribution in [0.5, 0.6) is 5.75 Å². The van der Waals surface area contributed by atoms with Gasteiger partial charge in [0.25, 0.3) is 0 Å². The van der Waals surface area contributed by atoms with Crippen molar-refractivity contribution in [3.63, 3.8) is 0 Å². The van der Waals surface area contributed by atoms with E-state index in [2.05, 4.69) is 33.5 Å². The Kier molecular flexibility index (Phi) is 2.80. The quantitative estimate of drug-likeness (QED) is 0.838. The molecule has 4 heteroatoms. The van der Waals surface area contributed by atoms with Crippen LogP contribution in [0.1, 0.15) is 17.0 Å². The zero-order valence-corrected chi connectivity index (χ0v) is 9.57. The summed E-state index contributed by atoms with van der Waals surface area (Å²) >= 11 is 0. The molecule has 0 saturated heterocycles. The standard InChI is InChI=1S/C13H15N3O/c1-2-12-11(3-6-17-12)7-10(1)8-14-9-13-15-4-5-16-13/h1-2,4-5,7,14H,3,6,8-9H2,(H,15,16). The molecule has 0 saturated carbocycles. The largest absolute Gasteiger partial charge is 0.493 e. The van der Waals surface area contributed by atoms with Gasteiger partial charge < -0.3 is 15.0 Å². The maximum atomic E-state index is 5.48. The Balaban J connectivity index is 1.58. The zero-order valence-electron chi connectivity index (χ0n) is 9.57. The van der Waals surface area contributed by atoms with Crippen molar-refractivity contribution in [2.75, 3.05) is 6.61 Å². The Labute approximate surface area is 100 Å². The average molecular weight is 229 g/mol. The van der Waals surface area contributed by atoms with Gasteiger partial charge in [-0.3, -0.25) is 0 Å². The fraction of sp³-hybridized carbons (Fsp3) is 0.308. The lowest BCUT2D eigenvalue weighted by atomic mass is 10.1. The number of nitrogens with zero attached hydrogens (tertiary/aromatic N) is 1. The first kappa shape index (κ1) is 10.4. The van der Waals surface area contributed by atoms with E-state index in [-0.39, 0.29) is 0 Å². The summed E-state index contributed by atoms with van der Waals surface area (Å²) < 4.78 is 5.48. The second-order valence-corrected chi connectivity index (χ2v) is 4.18. The molecule has 2 N–H and O–H groups in total. The van der Waals surface area contributed by atoms with Crippen molar-refractivity contribution in [1.82, 2.24) is 15.3 Å². The number of nitrogens with one attached hydrogen (secondary N) is 2. The van der Waals surface area contributed by atoms with Crippen LogP contribution in [0.3, 0.4) is 0 Å². The lowest BCUT2D eigenvalue weighted by Crippen LogP contribution is -2.13. The van der Waals surface area contributed by atoms with Gasteiger partial charge in [0.05, 0.1) is 13.2 Å². The maximum absolute atomic E-state index is 5.48. The molecule has 2 heterocycles. The third-order valence-corrected chi connectivity index (χ3v) is 2.93. The van der Waals surface area contributed by atoms with Gasteiger partial charge in [-0.15, -0.1) is 0 Å². The summed E-state index contributed by atoms with van der Waals surface area (Å²) in [5.74, 6) is 2.01. The molecule has 0 amide bonds. The van der Waals surface area contributed by atoms with Crippen LogP contribution in [0.2, 0.25) is 0 Å². The highest BCUT2D eigenvalue weighted by Gasteiger charge is 2.11. The van der Waals surface area contributed by atoms with Crippen molar-refractivity contribution in [3.8, 4) is 5.75 Å². The molecule has 1 aliphatic rings. The van der Waals surface area contributed by atoms with Crippen molar-refractivity contribution < 1.29 is 4.74 Å². The Morgan fingerprint density at radius 1 is 1.35 bits per heavy atom. The van der Waals surface area contributed by atoms with Crippen LogP contribution in [-0.4, -0.2) is 16.6 Å². The monoisotopic (exact) mass is 229 g/mol. The van der Waals surface area contributed by atoms with Crippen LogP contribution in [0.4, 0.5) is 0 Å². The minimum atomic E-state index is 0.764. The number of benzene rings is 1. The molecule has 3 rings (SSSR count). The minimum Gasteiger partial charge on any atom is -0.493 e. The third-order valence-electron chi connectivity index (χ3n) is 2.93. The van der Waals surface area contributed by atoms with Crippen molar-refractivity contribution in [3.05, 3.63) is 47.5 Å². The highest BCUT2D eigenvalue weighted by atomic mass is 16.5. The van der Waals surface area contributed by atoms with E-state index in [1.54, 1.807) is 6.20 Å². The van der Waals surface area contributed by atoms with Gasteiger partial charge in [-0.1, -0.05) is 12.1 Å². The fourth-order valence-electron chi connectivity index (χ4n) is 2.07. The Morgan fingerprint density at radius 3 is 3.24 bits per heavy atom. The van der Waals surface area contributed by atoms with Crippen molar-refractivity contribution in [2.24, 2.45) is 0 Å². The molecule has 0 aliphatic carbocycles. The van der Waals surface area contributed by atoms with E-state index in [4.69, 9.17) is 4.74 Å². The van der Waals surface area contributed by atoms with E-state index < -0.39 is 0 Å². The lowest BCUT2D eigenvalue weighted by molar-refractivity contribution is 0.357. The zero-order chi connectivity index (χ0) is 11.5. The van der Waals surface area contributed by atoms with Crippen LogP contribution in [0.25, 0.3) is 0 Å². The smallest absolute Gasteiger partial charge is 0.122 e. The Hall–Kier alpha value is -1.81. The molecule has 0 fully saturated rings. The number of aromatic amines is 1. The van der Waals surface area contributed by atoms with Gasteiger partial charge >= 0.3 is 0 Å². The molecule has 4 nitrogen and oxygen atoms in total. The third kappa shape index (κ3) is 2.31. The number of rotatable bonds is 4. The first-order valence-corrected chi connectivity index (χ1v) is 5.85. The average Bonchev–Trinajstić information content (AvgIpc) is 2.98. The van der Waals surface area contributed by atoms with Gasteiger partial charge in [-0.25, -0.2) is 4.98 Å². The molecule has 0 bridgehead atoms. The summed E-state index contributed by atoms with van der Waals surface area (Å²) in [7, 11) is 0. The van der Waals surface area contributed by atoms with Crippen LogP contribution < -0.4 is 10.1 Å². The van der Waals surface area contributed by atoms with E-state index in [0.717, 1.165) is 37.7 Å². The van der Waals surface area contributed by atoms with Gasteiger partial charge in [0, 0.05) is 25.4 Å². The highest BCUT2D eigenvalue weighted by molar-refractivity contribution is 5.39. The Morgan fingerprint density at radius 2 is 2.35 bits per heavy atom. The number of hydrogen-bond acceptors (Lipinski definition) is 3. The lowest BCUT2D eigenvalue weighted by Gasteiger charge is -2.05. The summed E-state index contributed by atoms with van der Waals surface area (Å²) in [5, 5.41) is 3.36. The molecule has 1 aliphatic heterocycles. The summed E-state index contributed by atoms with van der Waals surface area (Å²) in [6.07, 6.45) is 4.63. The van der Waals surface area contributed by atoms with Crippen molar-refractivity contribution in [1.29, 1.82) is 0 Å². The molecule has 1 aromatic carbocycles. The van der Waals surface area contributed by atoms with Crippen LogP contribution in [-0.2, 0) is 19.5 Å². The minimum absolute atomic E-state index is 0.764. The van der Waals surface area contributed by atoms with Gasteiger partial charge in [0.1, 0.15) is 11.6 Å². The van der Waals surface area contributed by atoms with E-state index in [1.165, 1.54) is 11.1 Å². The second-order valence-electron chi connectivity index (χ2n) is 4.18. The first-order chi connectivity index (χ1) is 8.42. The topological polar surface area (TPSA) is 49.9 Å². The van der Waals surface area contributed by atoms with E-state index in [1.807, 2.05) is 6.20 Å². The molecule has 1 aromatic heterocycles.